The van der Waals surface area contributed by atoms with Crippen molar-refractivity contribution in [3.63, 3.8) is 0 Å². The summed E-state index contributed by atoms with van der Waals surface area (Å²) in [6, 6.07) is 9.13. The molecule has 6 heteroatoms. The molecule has 0 unspecified atom stereocenters. The van der Waals surface area contributed by atoms with Gasteiger partial charge in [0.2, 0.25) is 0 Å². The number of nitrogens with zero attached hydrogens (tertiary/aromatic N) is 2. The number of nitrogens with one attached hydrogen (secondary N) is 1. The van der Waals surface area contributed by atoms with Crippen molar-refractivity contribution in [2.24, 2.45) is 0 Å². The average Bonchev–Trinajstić information content (AvgIpc) is 3.05. The Labute approximate surface area is 127 Å². The minimum absolute atomic E-state index is 0.0553. The van der Waals surface area contributed by atoms with E-state index in [1.807, 2.05) is 39.0 Å². The number of anilines is 1. The molecule has 2 aromatic heterocycles. The number of carbonyl (C=O) groups excluding carboxylic acids is 1. The van der Waals surface area contributed by atoms with Crippen LogP contribution in [0, 0.1) is 20.8 Å². The highest BCUT2D eigenvalue weighted by Gasteiger charge is 2.16. The number of rotatable bonds is 3. The van der Waals surface area contributed by atoms with Crippen molar-refractivity contribution in [3.8, 4) is 11.5 Å². The molecule has 0 bridgehead atoms. The van der Waals surface area contributed by atoms with Crippen LogP contribution in [0.15, 0.2) is 39.2 Å². The molecule has 0 aliphatic carbocycles. The third kappa shape index (κ3) is 2.76. The summed E-state index contributed by atoms with van der Waals surface area (Å²) >= 11 is 0. The average molecular weight is 297 g/mol. The molecule has 2 heterocycles. The van der Waals surface area contributed by atoms with Gasteiger partial charge in [-0.3, -0.25) is 10.1 Å². The molecular formula is C16H15N3O3. The highest BCUT2D eigenvalue weighted by Crippen LogP contribution is 2.26. The number of hydrogen-bond acceptors (Lipinski definition) is 5. The lowest BCUT2D eigenvalue weighted by Gasteiger charge is -2.01. The van der Waals surface area contributed by atoms with Gasteiger partial charge in [-0.15, -0.1) is 5.10 Å². The molecule has 1 aromatic carbocycles. The van der Waals surface area contributed by atoms with Gasteiger partial charge in [-0.05, 0) is 39.0 Å². The second-order valence-corrected chi connectivity index (χ2v) is 5.06. The minimum Gasteiger partial charge on any atom is -0.466 e. The topological polar surface area (TPSA) is 81.2 Å². The number of benzene rings is 1. The molecule has 1 N–H and O–H groups in total. The van der Waals surface area contributed by atoms with Gasteiger partial charge in [0.05, 0.1) is 5.56 Å². The van der Waals surface area contributed by atoms with Gasteiger partial charge in [0.25, 0.3) is 11.8 Å². The third-order valence-corrected chi connectivity index (χ3v) is 3.20. The number of aromatic nitrogens is 2. The molecule has 0 saturated heterocycles. The van der Waals surface area contributed by atoms with E-state index in [1.165, 1.54) is 0 Å². The van der Waals surface area contributed by atoms with Crippen LogP contribution in [0.5, 0.6) is 0 Å². The Morgan fingerprint density at radius 2 is 1.91 bits per heavy atom. The predicted octanol–water partition coefficient (Wildman–Crippen LogP) is 3.51. The van der Waals surface area contributed by atoms with E-state index >= 15 is 0 Å². The summed E-state index contributed by atoms with van der Waals surface area (Å²) in [6.07, 6.45) is 0. The number of furan rings is 1. The lowest BCUT2D eigenvalue weighted by atomic mass is 10.1. The third-order valence-electron chi connectivity index (χ3n) is 3.20. The van der Waals surface area contributed by atoms with E-state index in [0.717, 1.165) is 16.9 Å². The van der Waals surface area contributed by atoms with E-state index in [1.54, 1.807) is 12.1 Å². The molecule has 1 amide bonds. The molecule has 0 radical (unpaired) electrons. The maximum atomic E-state index is 12.1. The molecule has 0 aliphatic heterocycles. The van der Waals surface area contributed by atoms with Gasteiger partial charge < -0.3 is 8.83 Å². The molecule has 0 aliphatic rings. The van der Waals surface area contributed by atoms with Crippen LogP contribution in [-0.2, 0) is 0 Å². The van der Waals surface area contributed by atoms with Crippen LogP contribution in [0.2, 0.25) is 0 Å². The Morgan fingerprint density at radius 3 is 2.59 bits per heavy atom. The first-order chi connectivity index (χ1) is 10.5. The molecule has 3 rings (SSSR count). The zero-order valence-corrected chi connectivity index (χ0v) is 12.5. The summed E-state index contributed by atoms with van der Waals surface area (Å²) in [5, 5.41) is 10.4. The van der Waals surface area contributed by atoms with Crippen molar-refractivity contribution in [3.05, 3.63) is 53.0 Å². The molecule has 22 heavy (non-hydrogen) atoms. The summed E-state index contributed by atoms with van der Waals surface area (Å²) in [5.74, 6) is 1.47. The van der Waals surface area contributed by atoms with Crippen molar-refractivity contribution in [2.45, 2.75) is 20.8 Å². The summed E-state index contributed by atoms with van der Waals surface area (Å²) < 4.78 is 10.9. The van der Waals surface area contributed by atoms with Crippen molar-refractivity contribution in [2.75, 3.05) is 5.32 Å². The molecule has 0 saturated carbocycles. The quantitative estimate of drug-likeness (QED) is 0.800. The minimum atomic E-state index is -0.293. The Bertz CT molecular complexity index is 833. The standard InChI is InChI=1S/C16H15N3O3/c1-9-5-4-6-12(7-9)14(20)17-16-19-18-15(22-16)13-8-10(2)21-11(13)3/h4-8H,1-3H3,(H,17,19,20). The van der Waals surface area contributed by atoms with Crippen molar-refractivity contribution in [1.82, 2.24) is 10.2 Å². The van der Waals surface area contributed by atoms with Crippen LogP contribution >= 0.6 is 0 Å². The second kappa shape index (κ2) is 5.48. The molecule has 112 valence electrons. The fraction of sp³-hybridized carbons (Fsp3) is 0.188. The van der Waals surface area contributed by atoms with E-state index in [-0.39, 0.29) is 11.9 Å². The Morgan fingerprint density at radius 1 is 1.09 bits per heavy atom. The largest absolute Gasteiger partial charge is 0.466 e. The lowest BCUT2D eigenvalue weighted by Crippen LogP contribution is -2.12. The maximum absolute atomic E-state index is 12.1. The first-order valence-electron chi connectivity index (χ1n) is 6.82. The van der Waals surface area contributed by atoms with Crippen molar-refractivity contribution >= 4 is 11.9 Å². The van der Waals surface area contributed by atoms with Crippen molar-refractivity contribution in [1.29, 1.82) is 0 Å². The highest BCUT2D eigenvalue weighted by atomic mass is 16.4. The maximum Gasteiger partial charge on any atom is 0.322 e. The zero-order chi connectivity index (χ0) is 15.7. The first kappa shape index (κ1) is 14.1. The first-order valence-corrected chi connectivity index (χ1v) is 6.82. The Hall–Kier alpha value is -2.89. The van der Waals surface area contributed by atoms with Gasteiger partial charge in [0.15, 0.2) is 0 Å². The molecule has 6 nitrogen and oxygen atoms in total. The summed E-state index contributed by atoms with van der Waals surface area (Å²) in [5.41, 5.74) is 2.26. The van der Waals surface area contributed by atoms with Crippen LogP contribution < -0.4 is 5.32 Å². The Kier molecular flexibility index (Phi) is 3.50. The fourth-order valence-electron chi connectivity index (χ4n) is 2.18. The van der Waals surface area contributed by atoms with E-state index in [9.17, 15) is 4.79 Å². The van der Waals surface area contributed by atoms with E-state index in [0.29, 0.717) is 17.2 Å². The summed E-state index contributed by atoms with van der Waals surface area (Å²) in [4.78, 5) is 12.1. The number of amides is 1. The molecule has 0 atom stereocenters. The van der Waals surface area contributed by atoms with E-state index in [4.69, 9.17) is 8.83 Å². The number of carbonyl (C=O) groups is 1. The van der Waals surface area contributed by atoms with Crippen LogP contribution in [-0.4, -0.2) is 16.1 Å². The molecule has 3 aromatic rings. The molecular weight excluding hydrogens is 282 g/mol. The van der Waals surface area contributed by atoms with Gasteiger partial charge in [-0.1, -0.05) is 22.8 Å². The fourth-order valence-corrected chi connectivity index (χ4v) is 2.18. The second-order valence-electron chi connectivity index (χ2n) is 5.06. The van der Waals surface area contributed by atoms with Gasteiger partial charge in [-0.25, -0.2) is 0 Å². The molecule has 0 fully saturated rings. The van der Waals surface area contributed by atoms with Gasteiger partial charge in [0.1, 0.15) is 11.5 Å². The van der Waals surface area contributed by atoms with Gasteiger partial charge in [-0.2, -0.15) is 0 Å². The monoisotopic (exact) mass is 297 g/mol. The van der Waals surface area contributed by atoms with Crippen LogP contribution in [0.4, 0.5) is 6.01 Å². The number of aryl methyl sites for hydroxylation is 3. The van der Waals surface area contributed by atoms with Crippen LogP contribution in [0.25, 0.3) is 11.5 Å². The zero-order valence-electron chi connectivity index (χ0n) is 12.5. The van der Waals surface area contributed by atoms with E-state index in [2.05, 4.69) is 15.5 Å². The number of hydrogen-bond donors (Lipinski definition) is 1. The van der Waals surface area contributed by atoms with Crippen molar-refractivity contribution < 1.29 is 13.6 Å². The van der Waals surface area contributed by atoms with Gasteiger partial charge >= 0.3 is 6.01 Å². The Balaban J connectivity index is 1.80. The normalized spacial score (nSPS) is 10.7. The highest BCUT2D eigenvalue weighted by molar-refractivity contribution is 6.03. The summed E-state index contributed by atoms with van der Waals surface area (Å²) in [6.45, 7) is 5.58. The van der Waals surface area contributed by atoms with Gasteiger partial charge in [0, 0.05) is 5.56 Å². The molecule has 0 spiro atoms. The SMILES string of the molecule is Cc1cccc(C(=O)Nc2nnc(-c3cc(C)oc3C)o2)c1. The van der Waals surface area contributed by atoms with Crippen LogP contribution in [0.3, 0.4) is 0 Å². The van der Waals surface area contributed by atoms with Crippen LogP contribution in [0.1, 0.15) is 27.4 Å². The summed E-state index contributed by atoms with van der Waals surface area (Å²) in [7, 11) is 0. The smallest absolute Gasteiger partial charge is 0.322 e. The van der Waals surface area contributed by atoms with E-state index < -0.39 is 0 Å². The lowest BCUT2D eigenvalue weighted by molar-refractivity contribution is 0.102. The predicted molar refractivity (Wildman–Crippen MR) is 80.6 cm³/mol.